The molecule has 1 unspecified atom stereocenters. The molecular weight excluding hydrogens is 608 g/mol. The van der Waals surface area contributed by atoms with E-state index in [-0.39, 0.29) is 41.1 Å². The molecule has 1 N–H and O–H groups in total. The van der Waals surface area contributed by atoms with E-state index < -0.39 is 40.2 Å². The molecule has 46 heavy (non-hydrogen) atoms. The lowest BCUT2D eigenvalue weighted by Gasteiger charge is -2.35. The number of halogens is 2. The van der Waals surface area contributed by atoms with Gasteiger partial charge in [-0.05, 0) is 60.9 Å². The Balaban J connectivity index is 1.55. The van der Waals surface area contributed by atoms with Crippen LogP contribution in [0.2, 0.25) is 0 Å². The average Bonchev–Trinajstić information content (AvgIpc) is 3.07. The molecule has 7 nitrogen and oxygen atoms in total. The van der Waals surface area contributed by atoms with Crippen LogP contribution in [0.25, 0.3) is 0 Å². The maximum absolute atomic E-state index is 15.1. The maximum Gasteiger partial charge on any atom is 0.264 e. The van der Waals surface area contributed by atoms with Crippen LogP contribution in [-0.4, -0.2) is 43.8 Å². The molecule has 240 valence electrons. The van der Waals surface area contributed by atoms with Crippen LogP contribution in [0.15, 0.2) is 114 Å². The Labute approximate surface area is 268 Å². The van der Waals surface area contributed by atoms with Crippen LogP contribution in [0.5, 0.6) is 0 Å². The van der Waals surface area contributed by atoms with Crippen LogP contribution in [0, 0.1) is 11.6 Å². The second-order valence-electron chi connectivity index (χ2n) is 11.5. The zero-order chi connectivity index (χ0) is 32.5. The topological polar surface area (TPSA) is 86.8 Å². The molecule has 0 bridgehead atoms. The Morgan fingerprint density at radius 1 is 0.783 bits per heavy atom. The molecule has 0 spiro atoms. The number of anilines is 1. The van der Waals surface area contributed by atoms with Gasteiger partial charge in [0.2, 0.25) is 11.8 Å². The first-order valence-electron chi connectivity index (χ1n) is 15.4. The van der Waals surface area contributed by atoms with Crippen LogP contribution < -0.4 is 9.62 Å². The van der Waals surface area contributed by atoms with E-state index in [0.717, 1.165) is 66.2 Å². The molecule has 1 aliphatic carbocycles. The van der Waals surface area contributed by atoms with E-state index in [2.05, 4.69) is 5.32 Å². The Morgan fingerprint density at radius 2 is 1.39 bits per heavy atom. The summed E-state index contributed by atoms with van der Waals surface area (Å²) in [6.07, 6.45) is 4.84. The molecule has 0 heterocycles. The van der Waals surface area contributed by atoms with Crippen LogP contribution in [0.3, 0.4) is 0 Å². The van der Waals surface area contributed by atoms with Gasteiger partial charge in [0.15, 0.2) is 0 Å². The van der Waals surface area contributed by atoms with Crippen molar-refractivity contribution >= 4 is 27.5 Å². The fourth-order valence-corrected chi connectivity index (χ4v) is 7.18. The fourth-order valence-electron chi connectivity index (χ4n) is 5.77. The predicted octanol–water partition coefficient (Wildman–Crippen LogP) is 6.25. The zero-order valence-corrected chi connectivity index (χ0v) is 26.2. The minimum atomic E-state index is -4.36. The van der Waals surface area contributed by atoms with Crippen molar-refractivity contribution in [2.75, 3.05) is 10.8 Å². The monoisotopic (exact) mass is 645 g/mol. The number of sulfonamides is 1. The molecule has 1 fully saturated rings. The highest BCUT2D eigenvalue weighted by Crippen LogP contribution is 2.26. The molecule has 0 radical (unpaired) electrons. The van der Waals surface area contributed by atoms with E-state index in [9.17, 15) is 22.4 Å². The van der Waals surface area contributed by atoms with Crippen molar-refractivity contribution in [1.29, 1.82) is 0 Å². The first-order valence-corrected chi connectivity index (χ1v) is 16.9. The van der Waals surface area contributed by atoms with Crippen LogP contribution in [-0.2, 0) is 32.6 Å². The van der Waals surface area contributed by atoms with E-state index in [0.29, 0.717) is 0 Å². The van der Waals surface area contributed by atoms with Crippen molar-refractivity contribution in [1.82, 2.24) is 10.2 Å². The highest BCUT2D eigenvalue weighted by Gasteiger charge is 2.35. The number of carbonyl (C=O) groups excluding carboxylic acids is 2. The molecule has 1 aliphatic rings. The third kappa shape index (κ3) is 8.17. The van der Waals surface area contributed by atoms with Gasteiger partial charge in [-0.2, -0.15) is 0 Å². The second kappa shape index (κ2) is 15.1. The summed E-state index contributed by atoms with van der Waals surface area (Å²) in [4.78, 5) is 29.6. The number of hydrogen-bond acceptors (Lipinski definition) is 4. The number of amides is 2. The normalized spacial score (nSPS) is 14.3. The van der Waals surface area contributed by atoms with Gasteiger partial charge in [-0.3, -0.25) is 13.9 Å². The van der Waals surface area contributed by atoms with E-state index in [4.69, 9.17) is 0 Å². The molecule has 5 rings (SSSR count). The largest absolute Gasteiger partial charge is 0.352 e. The highest BCUT2D eigenvalue weighted by molar-refractivity contribution is 7.92. The maximum atomic E-state index is 15.1. The number of hydrogen-bond donors (Lipinski definition) is 1. The zero-order valence-electron chi connectivity index (χ0n) is 25.4. The lowest BCUT2D eigenvalue weighted by Crippen LogP contribution is -2.55. The van der Waals surface area contributed by atoms with Crippen LogP contribution in [0.1, 0.15) is 43.2 Å². The fraction of sp³-hybridized carbons (Fsp3) is 0.278. The predicted molar refractivity (Wildman–Crippen MR) is 173 cm³/mol. The van der Waals surface area contributed by atoms with Gasteiger partial charge in [-0.15, -0.1) is 0 Å². The molecule has 1 atom stereocenters. The first-order chi connectivity index (χ1) is 22.2. The average molecular weight is 646 g/mol. The van der Waals surface area contributed by atoms with Gasteiger partial charge in [0, 0.05) is 24.6 Å². The van der Waals surface area contributed by atoms with Gasteiger partial charge in [0.1, 0.15) is 24.2 Å². The van der Waals surface area contributed by atoms with Gasteiger partial charge in [0.05, 0.1) is 10.6 Å². The van der Waals surface area contributed by atoms with Crippen molar-refractivity contribution in [3.05, 3.63) is 132 Å². The summed E-state index contributed by atoms with van der Waals surface area (Å²) in [7, 11) is -4.36. The van der Waals surface area contributed by atoms with Gasteiger partial charge in [-0.1, -0.05) is 86.0 Å². The molecule has 1 saturated carbocycles. The summed E-state index contributed by atoms with van der Waals surface area (Å²) in [6, 6.07) is 26.5. The highest BCUT2D eigenvalue weighted by atomic mass is 32.2. The standard InChI is InChI=1S/C36H37F2N3O4S/c37-29-20-22-32(23-21-29)46(44,45)41(31-17-8-3-9-18-31)26-35(42)40(25-28-14-10-11-19-33(28)38)34(24-27-12-4-1-5-13-27)36(43)39-30-15-6-2-7-16-30/h1,3-5,8-14,17-23,30,34H,2,6-7,15-16,24-26H2,(H,39,43). The van der Waals surface area contributed by atoms with Crippen molar-refractivity contribution in [2.45, 2.75) is 62.0 Å². The molecular formula is C36H37F2N3O4S. The summed E-state index contributed by atoms with van der Waals surface area (Å²) in [6.45, 7) is -0.944. The number of rotatable bonds is 12. The van der Waals surface area contributed by atoms with Crippen molar-refractivity contribution in [3.63, 3.8) is 0 Å². The summed E-state index contributed by atoms with van der Waals surface area (Å²) >= 11 is 0. The van der Waals surface area contributed by atoms with E-state index in [1.165, 1.54) is 17.0 Å². The van der Waals surface area contributed by atoms with Gasteiger partial charge in [-0.25, -0.2) is 17.2 Å². The SMILES string of the molecule is O=C(NC1CCCCC1)C(Cc1ccccc1)N(Cc1ccccc1F)C(=O)CN(c1ccccc1)S(=O)(=O)c1ccc(F)cc1. The molecule has 0 saturated heterocycles. The van der Waals surface area contributed by atoms with Crippen LogP contribution in [0.4, 0.5) is 14.5 Å². The Kier molecular flexibility index (Phi) is 10.8. The minimum Gasteiger partial charge on any atom is -0.352 e. The van der Waals surface area contributed by atoms with Crippen molar-refractivity contribution in [3.8, 4) is 0 Å². The lowest BCUT2D eigenvalue weighted by molar-refractivity contribution is -0.140. The van der Waals surface area contributed by atoms with Gasteiger partial charge < -0.3 is 10.2 Å². The second-order valence-corrected chi connectivity index (χ2v) is 13.3. The number of carbonyl (C=O) groups is 2. The summed E-state index contributed by atoms with van der Waals surface area (Å²) in [5.41, 5.74) is 1.18. The molecule has 10 heteroatoms. The van der Waals surface area contributed by atoms with E-state index in [1.807, 2.05) is 30.3 Å². The Morgan fingerprint density at radius 3 is 2.04 bits per heavy atom. The van der Waals surface area contributed by atoms with E-state index >= 15 is 4.39 Å². The molecule has 2 amide bonds. The van der Waals surface area contributed by atoms with E-state index in [1.54, 1.807) is 42.5 Å². The number of nitrogens with zero attached hydrogens (tertiary/aromatic N) is 2. The van der Waals surface area contributed by atoms with Crippen molar-refractivity contribution in [2.24, 2.45) is 0 Å². The third-order valence-electron chi connectivity index (χ3n) is 8.25. The Bertz CT molecular complexity index is 1720. The Hall–Kier alpha value is -4.57. The lowest BCUT2D eigenvalue weighted by atomic mass is 9.94. The summed E-state index contributed by atoms with van der Waals surface area (Å²) < 4.78 is 57.7. The molecule has 0 aliphatic heterocycles. The quantitative estimate of drug-likeness (QED) is 0.197. The third-order valence-corrected chi connectivity index (χ3v) is 10.0. The summed E-state index contributed by atoms with van der Waals surface area (Å²) in [5, 5.41) is 3.13. The smallest absolute Gasteiger partial charge is 0.264 e. The molecule has 4 aromatic carbocycles. The van der Waals surface area contributed by atoms with Crippen molar-refractivity contribution < 1.29 is 26.8 Å². The molecule has 0 aromatic heterocycles. The first kappa shape index (κ1) is 32.8. The number of para-hydroxylation sites is 1. The van der Waals surface area contributed by atoms with Gasteiger partial charge in [0.25, 0.3) is 10.0 Å². The summed E-state index contributed by atoms with van der Waals surface area (Å²) in [5.74, 6) is -2.24. The van der Waals surface area contributed by atoms with Gasteiger partial charge >= 0.3 is 0 Å². The molecule has 4 aromatic rings. The minimum absolute atomic E-state index is 0.0513. The number of nitrogens with one attached hydrogen (secondary N) is 1. The van der Waals surface area contributed by atoms with Crippen LogP contribution >= 0.6 is 0 Å². The number of benzene rings is 4.